The van der Waals surface area contributed by atoms with E-state index in [2.05, 4.69) is 86.3 Å². The lowest BCUT2D eigenvalue weighted by Gasteiger charge is -2.15. The maximum atomic E-state index is 2.46. The van der Waals surface area contributed by atoms with Gasteiger partial charge in [0, 0.05) is 17.2 Å². The molecule has 0 radical (unpaired) electrons. The highest BCUT2D eigenvalue weighted by Crippen LogP contribution is 2.37. The van der Waals surface area contributed by atoms with Crippen LogP contribution in [0, 0.1) is 13.8 Å². The molecule has 3 aromatic rings. The Morgan fingerprint density at radius 3 is 2.27 bits per heavy atom. The summed E-state index contributed by atoms with van der Waals surface area (Å²) in [7, 11) is 2.18. The van der Waals surface area contributed by atoms with Gasteiger partial charge in [0.2, 0.25) is 5.69 Å². The first-order chi connectivity index (χ1) is 12.6. The van der Waals surface area contributed by atoms with Gasteiger partial charge < -0.3 is 0 Å². The minimum absolute atomic E-state index is 0.743. The Balaban J connectivity index is 1.83. The summed E-state index contributed by atoms with van der Waals surface area (Å²) in [6.07, 6.45) is 7.76. The lowest BCUT2D eigenvalue weighted by molar-refractivity contribution is -0.660. The van der Waals surface area contributed by atoms with Crippen molar-refractivity contribution in [2.75, 3.05) is 0 Å². The molecule has 1 fully saturated rings. The Bertz CT molecular complexity index is 918. The number of pyridine rings is 1. The van der Waals surface area contributed by atoms with Crippen molar-refractivity contribution in [1.29, 1.82) is 0 Å². The van der Waals surface area contributed by atoms with E-state index in [0.717, 1.165) is 5.92 Å². The molecule has 26 heavy (non-hydrogen) atoms. The van der Waals surface area contributed by atoms with Crippen LogP contribution in [0.15, 0.2) is 60.8 Å². The summed E-state index contributed by atoms with van der Waals surface area (Å²) in [5.74, 6) is 0.743. The molecule has 0 spiro atoms. The van der Waals surface area contributed by atoms with Crippen molar-refractivity contribution in [3.63, 3.8) is 0 Å². The van der Waals surface area contributed by atoms with Gasteiger partial charge in [0.25, 0.3) is 0 Å². The average molecular weight is 343 g/mol. The number of rotatable bonds is 3. The number of nitrogens with zero attached hydrogens (tertiary/aromatic N) is 1. The Labute approximate surface area is 157 Å². The van der Waals surface area contributed by atoms with Crippen LogP contribution in [-0.2, 0) is 7.05 Å². The number of benzene rings is 2. The number of aryl methyl sites for hydroxylation is 3. The molecule has 132 valence electrons. The van der Waals surface area contributed by atoms with E-state index in [4.69, 9.17) is 0 Å². The topological polar surface area (TPSA) is 3.88 Å². The zero-order valence-electron chi connectivity index (χ0n) is 16.1. The molecule has 1 aliphatic carbocycles. The fraction of sp³-hybridized carbons (Fsp3) is 0.320. The normalized spacial score (nSPS) is 14.7. The molecule has 0 aliphatic heterocycles. The van der Waals surface area contributed by atoms with Crippen LogP contribution < -0.4 is 4.57 Å². The van der Waals surface area contributed by atoms with E-state index in [1.165, 1.54) is 59.2 Å². The first-order valence-corrected chi connectivity index (χ1v) is 9.80. The van der Waals surface area contributed by atoms with Gasteiger partial charge in [-0.2, -0.15) is 0 Å². The molecule has 1 saturated carbocycles. The van der Waals surface area contributed by atoms with E-state index in [9.17, 15) is 0 Å². The van der Waals surface area contributed by atoms with Gasteiger partial charge in [-0.3, -0.25) is 0 Å². The quantitative estimate of drug-likeness (QED) is 0.505. The Kier molecular flexibility index (Phi) is 4.63. The van der Waals surface area contributed by atoms with Crippen LogP contribution in [0.3, 0.4) is 0 Å². The van der Waals surface area contributed by atoms with Gasteiger partial charge in [-0.25, -0.2) is 4.57 Å². The second kappa shape index (κ2) is 7.07. The molecule has 1 nitrogen and oxygen atoms in total. The molecule has 0 unspecified atom stereocenters. The van der Waals surface area contributed by atoms with E-state index < -0.39 is 0 Å². The highest BCUT2D eigenvalue weighted by atomic mass is 14.9. The third-order valence-electron chi connectivity index (χ3n) is 5.93. The monoisotopic (exact) mass is 342 g/mol. The third kappa shape index (κ3) is 3.19. The molecule has 0 N–H and O–H groups in total. The van der Waals surface area contributed by atoms with E-state index in [1.54, 1.807) is 5.56 Å². The van der Waals surface area contributed by atoms with Gasteiger partial charge in [-0.05, 0) is 60.9 Å². The second-order valence-corrected chi connectivity index (χ2v) is 7.79. The van der Waals surface area contributed by atoms with Crippen LogP contribution in [-0.4, -0.2) is 0 Å². The SMILES string of the molecule is Cc1ccc(-c2ccccc2)cc1-c1cc(C2CCCC2)c(C)c[n+]1C. The van der Waals surface area contributed by atoms with Crippen LogP contribution in [0.1, 0.15) is 48.3 Å². The van der Waals surface area contributed by atoms with Crippen LogP contribution in [0.25, 0.3) is 22.4 Å². The maximum absolute atomic E-state index is 2.46. The lowest BCUT2D eigenvalue weighted by atomic mass is 9.91. The number of hydrogen-bond donors (Lipinski definition) is 0. The number of hydrogen-bond acceptors (Lipinski definition) is 0. The van der Waals surface area contributed by atoms with Crippen molar-refractivity contribution in [2.45, 2.75) is 45.4 Å². The van der Waals surface area contributed by atoms with Crippen molar-refractivity contribution in [1.82, 2.24) is 0 Å². The first kappa shape index (κ1) is 17.0. The summed E-state index contributed by atoms with van der Waals surface area (Å²) in [5.41, 5.74) is 9.55. The zero-order chi connectivity index (χ0) is 18.1. The predicted molar refractivity (Wildman–Crippen MR) is 109 cm³/mol. The fourth-order valence-electron chi connectivity index (χ4n) is 4.45. The summed E-state index contributed by atoms with van der Waals surface area (Å²) in [4.78, 5) is 0. The van der Waals surface area contributed by atoms with Crippen LogP contribution >= 0.6 is 0 Å². The minimum atomic E-state index is 0.743. The highest BCUT2D eigenvalue weighted by Gasteiger charge is 2.23. The van der Waals surface area contributed by atoms with Crippen molar-refractivity contribution >= 4 is 0 Å². The van der Waals surface area contributed by atoms with Gasteiger partial charge in [0.1, 0.15) is 7.05 Å². The van der Waals surface area contributed by atoms with Crippen molar-refractivity contribution in [2.24, 2.45) is 7.05 Å². The molecule has 1 heterocycles. The van der Waals surface area contributed by atoms with E-state index in [-0.39, 0.29) is 0 Å². The Morgan fingerprint density at radius 2 is 1.54 bits per heavy atom. The van der Waals surface area contributed by atoms with Crippen molar-refractivity contribution in [3.05, 3.63) is 77.5 Å². The Hall–Kier alpha value is -2.41. The van der Waals surface area contributed by atoms with Crippen molar-refractivity contribution < 1.29 is 4.57 Å². The Morgan fingerprint density at radius 1 is 0.808 bits per heavy atom. The summed E-state index contributed by atoms with van der Waals surface area (Å²) < 4.78 is 2.30. The molecule has 1 aromatic heterocycles. The van der Waals surface area contributed by atoms with E-state index in [1.807, 2.05) is 0 Å². The molecule has 1 aliphatic rings. The lowest BCUT2D eigenvalue weighted by Crippen LogP contribution is -2.32. The first-order valence-electron chi connectivity index (χ1n) is 9.80. The number of aromatic nitrogens is 1. The molecule has 4 rings (SSSR count). The summed E-state index contributed by atoms with van der Waals surface area (Å²) in [5, 5.41) is 0. The van der Waals surface area contributed by atoms with Gasteiger partial charge in [0.05, 0.1) is 0 Å². The largest absolute Gasteiger partial charge is 0.212 e. The van der Waals surface area contributed by atoms with Crippen LogP contribution in [0.5, 0.6) is 0 Å². The van der Waals surface area contributed by atoms with E-state index >= 15 is 0 Å². The molecule has 1 heteroatoms. The predicted octanol–water partition coefficient (Wildman–Crippen LogP) is 6.12. The smallest absolute Gasteiger partial charge is 0.201 e. The fourth-order valence-corrected chi connectivity index (χ4v) is 4.45. The van der Waals surface area contributed by atoms with Gasteiger partial charge >= 0.3 is 0 Å². The molecule has 0 atom stereocenters. The van der Waals surface area contributed by atoms with Gasteiger partial charge in [0.15, 0.2) is 6.20 Å². The van der Waals surface area contributed by atoms with Gasteiger partial charge in [-0.1, -0.05) is 55.3 Å². The molecule has 0 bridgehead atoms. The molecule has 0 saturated heterocycles. The average Bonchev–Trinajstić information content (AvgIpc) is 3.18. The summed E-state index contributed by atoms with van der Waals surface area (Å²) >= 11 is 0. The van der Waals surface area contributed by atoms with E-state index in [0.29, 0.717) is 0 Å². The third-order valence-corrected chi connectivity index (χ3v) is 5.93. The standard InChI is InChI=1S/C25H28N/c1-18-13-14-22(20-9-5-4-6-10-20)15-24(18)25-16-23(19(2)17-26(25)3)21-11-7-8-12-21/h4-6,9-10,13-17,21H,7-8,11-12H2,1-3H3/q+1. The molecular weight excluding hydrogens is 314 g/mol. The molecular formula is C25H28N+. The molecule has 2 aromatic carbocycles. The summed E-state index contributed by atoms with van der Waals surface area (Å²) in [6.45, 7) is 4.49. The second-order valence-electron chi connectivity index (χ2n) is 7.79. The minimum Gasteiger partial charge on any atom is -0.201 e. The van der Waals surface area contributed by atoms with Crippen LogP contribution in [0.4, 0.5) is 0 Å². The molecule has 0 amide bonds. The van der Waals surface area contributed by atoms with Crippen molar-refractivity contribution in [3.8, 4) is 22.4 Å². The van der Waals surface area contributed by atoms with Crippen LogP contribution in [0.2, 0.25) is 0 Å². The zero-order valence-corrected chi connectivity index (χ0v) is 16.1. The highest BCUT2D eigenvalue weighted by molar-refractivity contribution is 5.73. The maximum Gasteiger partial charge on any atom is 0.212 e. The summed E-state index contributed by atoms with van der Waals surface area (Å²) in [6, 6.07) is 20.0. The van der Waals surface area contributed by atoms with Gasteiger partial charge in [-0.15, -0.1) is 0 Å².